The first-order chi connectivity index (χ1) is 11.5. The van der Waals surface area contributed by atoms with Gasteiger partial charge in [-0.3, -0.25) is 0 Å². The fourth-order valence-electron chi connectivity index (χ4n) is 3.49. The highest BCUT2D eigenvalue weighted by atomic mass is 14.8. The maximum atomic E-state index is 5.85. The minimum atomic E-state index is 0.545. The molecule has 2 aromatic rings. The summed E-state index contributed by atoms with van der Waals surface area (Å²) in [5, 5.41) is 3.20. The standard InChI is InChI=1S/2C11H13N/c1-8-6-7-11(12-2)10-5-3-4-9(8)10;1-7-6-10-9(8(7)2)4-3-5-11(10)12/h3,5-7,12H,4H2,1-2H3;3-6,8H,12H2,1-2H3. The first kappa shape index (κ1) is 16.4. The van der Waals surface area contributed by atoms with Gasteiger partial charge in [0, 0.05) is 35.5 Å². The Kier molecular flexibility index (Phi) is 4.48. The second-order valence-electron chi connectivity index (χ2n) is 6.64. The maximum Gasteiger partial charge on any atom is 0.0414 e. The van der Waals surface area contributed by atoms with E-state index in [2.05, 4.69) is 62.5 Å². The van der Waals surface area contributed by atoms with Crippen LogP contribution in [0.1, 0.15) is 47.6 Å². The zero-order chi connectivity index (χ0) is 17.3. The van der Waals surface area contributed by atoms with E-state index in [-0.39, 0.29) is 0 Å². The van der Waals surface area contributed by atoms with Gasteiger partial charge in [0.2, 0.25) is 0 Å². The molecule has 1 atom stereocenters. The summed E-state index contributed by atoms with van der Waals surface area (Å²) in [6.07, 6.45) is 7.71. The van der Waals surface area contributed by atoms with Crippen molar-refractivity contribution in [3.05, 3.63) is 69.8 Å². The van der Waals surface area contributed by atoms with E-state index >= 15 is 0 Å². The monoisotopic (exact) mass is 318 g/mol. The highest BCUT2D eigenvalue weighted by molar-refractivity contribution is 5.75. The molecular formula is C22H26N2. The third-order valence-corrected chi connectivity index (χ3v) is 5.16. The number of anilines is 2. The molecule has 0 amide bonds. The van der Waals surface area contributed by atoms with Crippen molar-refractivity contribution < 1.29 is 0 Å². The van der Waals surface area contributed by atoms with Gasteiger partial charge in [0.1, 0.15) is 0 Å². The third-order valence-electron chi connectivity index (χ3n) is 5.16. The van der Waals surface area contributed by atoms with Crippen LogP contribution in [0.25, 0.3) is 12.2 Å². The zero-order valence-corrected chi connectivity index (χ0v) is 15.0. The van der Waals surface area contributed by atoms with Gasteiger partial charge < -0.3 is 11.1 Å². The molecule has 0 fully saturated rings. The van der Waals surface area contributed by atoms with Crippen molar-refractivity contribution in [2.75, 3.05) is 18.1 Å². The molecule has 2 aromatic carbocycles. The quantitative estimate of drug-likeness (QED) is 0.691. The molecule has 2 nitrogen and oxygen atoms in total. The molecule has 0 spiro atoms. The number of allylic oxidation sites excluding steroid dienone is 2. The minimum absolute atomic E-state index is 0.545. The molecule has 124 valence electrons. The molecule has 1 unspecified atom stereocenters. The Balaban J connectivity index is 0.000000141. The highest BCUT2D eigenvalue weighted by Crippen LogP contribution is 2.37. The predicted octanol–water partition coefficient (Wildman–Crippen LogP) is 5.40. The Bertz CT molecular complexity index is 828. The number of nitrogens with two attached hydrogens (primary N) is 1. The molecule has 3 N–H and O–H groups in total. The van der Waals surface area contributed by atoms with Crippen molar-refractivity contribution in [3.8, 4) is 0 Å². The van der Waals surface area contributed by atoms with E-state index in [9.17, 15) is 0 Å². The molecule has 0 saturated carbocycles. The largest absolute Gasteiger partial charge is 0.398 e. The topological polar surface area (TPSA) is 38.0 Å². The number of hydrogen-bond acceptors (Lipinski definition) is 2. The van der Waals surface area contributed by atoms with E-state index in [1.54, 1.807) is 0 Å². The highest BCUT2D eigenvalue weighted by Gasteiger charge is 2.18. The number of nitrogen functional groups attached to an aromatic ring is 1. The number of hydrogen-bond donors (Lipinski definition) is 2. The van der Waals surface area contributed by atoms with Crippen LogP contribution in [0.15, 0.2) is 42.0 Å². The summed E-state index contributed by atoms with van der Waals surface area (Å²) in [7, 11) is 1.97. The summed E-state index contributed by atoms with van der Waals surface area (Å²) in [6.45, 7) is 6.55. The van der Waals surface area contributed by atoms with Gasteiger partial charge in [-0.2, -0.15) is 0 Å². The Morgan fingerprint density at radius 3 is 2.58 bits per heavy atom. The zero-order valence-electron chi connectivity index (χ0n) is 15.0. The van der Waals surface area contributed by atoms with Crippen LogP contribution in [-0.2, 0) is 6.42 Å². The third kappa shape index (κ3) is 2.84. The minimum Gasteiger partial charge on any atom is -0.398 e. The molecule has 2 heteroatoms. The molecule has 0 heterocycles. The van der Waals surface area contributed by atoms with Gasteiger partial charge in [-0.1, -0.05) is 48.9 Å². The predicted molar refractivity (Wildman–Crippen MR) is 106 cm³/mol. The average molecular weight is 318 g/mol. The Hall–Kier alpha value is -2.48. The molecule has 0 radical (unpaired) electrons. The number of benzene rings is 2. The first-order valence-electron chi connectivity index (χ1n) is 8.56. The SMILES string of the molecule is CC1=Cc2c(N)cccc2C1C.CNc1ccc(C)c2c1C=CC2. The summed E-state index contributed by atoms with van der Waals surface area (Å²) in [5.74, 6) is 0.545. The van der Waals surface area contributed by atoms with Gasteiger partial charge in [-0.15, -0.1) is 0 Å². The van der Waals surface area contributed by atoms with Crippen molar-refractivity contribution >= 4 is 23.5 Å². The first-order valence-corrected chi connectivity index (χ1v) is 8.56. The molecule has 0 bridgehead atoms. The average Bonchev–Trinajstić information content (AvgIpc) is 3.17. The van der Waals surface area contributed by atoms with Crippen molar-refractivity contribution in [2.24, 2.45) is 0 Å². The van der Waals surface area contributed by atoms with Crippen LogP contribution < -0.4 is 11.1 Å². The lowest BCUT2D eigenvalue weighted by molar-refractivity contribution is 0.922. The Morgan fingerprint density at radius 1 is 1.08 bits per heavy atom. The Morgan fingerprint density at radius 2 is 1.88 bits per heavy atom. The van der Waals surface area contributed by atoms with Crippen LogP contribution in [0, 0.1) is 6.92 Å². The van der Waals surface area contributed by atoms with Crippen molar-refractivity contribution in [2.45, 2.75) is 33.1 Å². The summed E-state index contributed by atoms with van der Waals surface area (Å²) in [5.41, 5.74) is 16.2. The lowest BCUT2D eigenvalue weighted by Crippen LogP contribution is -1.95. The van der Waals surface area contributed by atoms with Crippen LogP contribution in [-0.4, -0.2) is 7.05 Å². The van der Waals surface area contributed by atoms with E-state index in [1.165, 1.54) is 39.1 Å². The van der Waals surface area contributed by atoms with E-state index in [0.717, 1.165) is 12.1 Å². The lowest BCUT2D eigenvalue weighted by atomic mass is 9.98. The van der Waals surface area contributed by atoms with Gasteiger partial charge in [-0.05, 0) is 49.1 Å². The maximum absolute atomic E-state index is 5.85. The molecule has 4 rings (SSSR count). The number of nitrogens with one attached hydrogen (secondary N) is 1. The molecule has 0 aliphatic heterocycles. The van der Waals surface area contributed by atoms with E-state index in [0.29, 0.717) is 5.92 Å². The summed E-state index contributed by atoms with van der Waals surface area (Å²) >= 11 is 0. The molecule has 24 heavy (non-hydrogen) atoms. The van der Waals surface area contributed by atoms with Gasteiger partial charge in [0.15, 0.2) is 0 Å². The smallest absolute Gasteiger partial charge is 0.0414 e. The normalized spacial score (nSPS) is 16.8. The number of rotatable bonds is 1. The summed E-state index contributed by atoms with van der Waals surface area (Å²) in [6, 6.07) is 10.5. The van der Waals surface area contributed by atoms with Crippen molar-refractivity contribution in [1.82, 2.24) is 0 Å². The van der Waals surface area contributed by atoms with Crippen molar-refractivity contribution in [1.29, 1.82) is 0 Å². The summed E-state index contributed by atoms with van der Waals surface area (Å²) in [4.78, 5) is 0. The van der Waals surface area contributed by atoms with Crippen LogP contribution in [0.5, 0.6) is 0 Å². The number of aryl methyl sites for hydroxylation is 1. The van der Waals surface area contributed by atoms with E-state index < -0.39 is 0 Å². The van der Waals surface area contributed by atoms with Crippen LogP contribution >= 0.6 is 0 Å². The van der Waals surface area contributed by atoms with Crippen LogP contribution in [0.3, 0.4) is 0 Å². The fraction of sp³-hybridized carbons (Fsp3) is 0.273. The van der Waals surface area contributed by atoms with Crippen LogP contribution in [0.4, 0.5) is 11.4 Å². The fourth-order valence-corrected chi connectivity index (χ4v) is 3.49. The van der Waals surface area contributed by atoms with E-state index in [4.69, 9.17) is 5.73 Å². The van der Waals surface area contributed by atoms with Gasteiger partial charge >= 0.3 is 0 Å². The number of fused-ring (bicyclic) bond motifs is 2. The van der Waals surface area contributed by atoms with E-state index in [1.807, 2.05) is 19.2 Å². The molecule has 2 aliphatic carbocycles. The Labute approximate surface area is 145 Å². The molecular weight excluding hydrogens is 292 g/mol. The molecule has 0 saturated heterocycles. The second kappa shape index (κ2) is 6.56. The van der Waals surface area contributed by atoms with Crippen molar-refractivity contribution in [3.63, 3.8) is 0 Å². The van der Waals surface area contributed by atoms with Crippen LogP contribution in [0.2, 0.25) is 0 Å². The van der Waals surface area contributed by atoms with Gasteiger partial charge in [0.05, 0.1) is 0 Å². The molecule has 0 aromatic heterocycles. The second-order valence-corrected chi connectivity index (χ2v) is 6.64. The van der Waals surface area contributed by atoms with Gasteiger partial charge in [0.25, 0.3) is 0 Å². The lowest BCUT2D eigenvalue weighted by Gasteiger charge is -2.09. The summed E-state index contributed by atoms with van der Waals surface area (Å²) < 4.78 is 0. The van der Waals surface area contributed by atoms with Gasteiger partial charge in [-0.25, -0.2) is 0 Å². The molecule has 2 aliphatic rings.